The Morgan fingerprint density at radius 1 is 0.806 bits per heavy atom. The molecule has 0 aliphatic carbocycles. The van der Waals surface area contributed by atoms with Gasteiger partial charge < -0.3 is 14.7 Å². The summed E-state index contributed by atoms with van der Waals surface area (Å²) < 4.78 is 5.53. The smallest absolute Gasteiger partial charge is 0.347 e. The third-order valence-electron chi connectivity index (χ3n) is 5.43. The summed E-state index contributed by atoms with van der Waals surface area (Å²) in [5, 5.41) is 11.6. The fourth-order valence-electron chi connectivity index (χ4n) is 3.53. The molecule has 4 nitrogen and oxygen atoms in total. The Bertz CT molecular complexity index is 928. The van der Waals surface area contributed by atoms with E-state index < -0.39 is 11.6 Å². The van der Waals surface area contributed by atoms with E-state index in [0.717, 1.165) is 24.2 Å². The molecule has 1 unspecified atom stereocenters. The van der Waals surface area contributed by atoms with E-state index in [4.69, 9.17) is 4.74 Å². The second kappa shape index (κ2) is 11.7. The quantitative estimate of drug-likeness (QED) is 0.482. The summed E-state index contributed by atoms with van der Waals surface area (Å²) in [6, 6.07) is 26.4. The molecule has 3 aromatic carbocycles. The van der Waals surface area contributed by atoms with Gasteiger partial charge in [-0.1, -0.05) is 98.8 Å². The topological polar surface area (TPSA) is 49.8 Å². The van der Waals surface area contributed by atoms with Crippen molar-refractivity contribution < 1.29 is 14.6 Å². The summed E-state index contributed by atoms with van der Waals surface area (Å²) in [4.78, 5) is 15.3. The van der Waals surface area contributed by atoms with Gasteiger partial charge >= 0.3 is 5.97 Å². The van der Waals surface area contributed by atoms with Crippen LogP contribution in [0.25, 0.3) is 11.1 Å². The molecule has 0 saturated carbocycles. The van der Waals surface area contributed by atoms with Crippen molar-refractivity contribution >= 4 is 18.4 Å². The predicted octanol–water partition coefficient (Wildman–Crippen LogP) is 4.90. The number of aliphatic hydroxyl groups is 1. The highest BCUT2D eigenvalue weighted by Gasteiger charge is 2.41. The Kier molecular flexibility index (Phi) is 9.25. The van der Waals surface area contributed by atoms with Crippen molar-refractivity contribution in [3.8, 4) is 11.1 Å². The van der Waals surface area contributed by atoms with Crippen LogP contribution in [0.15, 0.2) is 84.9 Å². The first-order valence-electron chi connectivity index (χ1n) is 10.4. The van der Waals surface area contributed by atoms with E-state index >= 15 is 0 Å². The molecule has 164 valence electrons. The van der Waals surface area contributed by atoms with Crippen LogP contribution in [0.2, 0.25) is 0 Å². The molecule has 1 N–H and O–H groups in total. The first kappa shape index (κ1) is 24.6. The number of benzene rings is 3. The normalized spacial score (nSPS) is 12.6. The summed E-state index contributed by atoms with van der Waals surface area (Å²) in [7, 11) is 0. The summed E-state index contributed by atoms with van der Waals surface area (Å²) in [5.41, 5.74) is 1.21. The molecule has 0 radical (unpaired) electrons. The molecule has 0 aliphatic rings. The zero-order valence-electron chi connectivity index (χ0n) is 18.0. The highest BCUT2D eigenvalue weighted by atomic mass is 35.5. The first-order valence-corrected chi connectivity index (χ1v) is 10.4. The number of esters is 1. The molecule has 0 aromatic heterocycles. The maximum atomic E-state index is 13.1. The van der Waals surface area contributed by atoms with Crippen LogP contribution in [-0.2, 0) is 15.1 Å². The van der Waals surface area contributed by atoms with Crippen LogP contribution in [0.4, 0.5) is 0 Å². The van der Waals surface area contributed by atoms with Crippen molar-refractivity contribution in [3.63, 3.8) is 0 Å². The van der Waals surface area contributed by atoms with Crippen LogP contribution >= 0.6 is 12.4 Å². The monoisotopic (exact) mass is 439 g/mol. The predicted molar refractivity (Wildman–Crippen MR) is 127 cm³/mol. The van der Waals surface area contributed by atoms with Gasteiger partial charge in [0.05, 0.1) is 0 Å². The van der Waals surface area contributed by atoms with E-state index in [0.29, 0.717) is 17.7 Å². The van der Waals surface area contributed by atoms with Crippen molar-refractivity contribution in [3.05, 3.63) is 96.1 Å². The van der Waals surface area contributed by atoms with Gasteiger partial charge in [-0.15, -0.1) is 12.4 Å². The van der Waals surface area contributed by atoms with Crippen LogP contribution in [0, 0.1) is 0 Å². The molecule has 31 heavy (non-hydrogen) atoms. The van der Waals surface area contributed by atoms with Gasteiger partial charge in [0.15, 0.2) is 0 Å². The van der Waals surface area contributed by atoms with Crippen molar-refractivity contribution in [1.29, 1.82) is 0 Å². The summed E-state index contributed by atoms with van der Waals surface area (Å²) in [5.74, 6) is -0.659. The number of hydrogen-bond acceptors (Lipinski definition) is 4. The zero-order valence-corrected chi connectivity index (χ0v) is 18.8. The van der Waals surface area contributed by atoms with Crippen molar-refractivity contribution in [2.45, 2.75) is 19.4 Å². The Morgan fingerprint density at radius 2 is 1.29 bits per heavy atom. The SMILES string of the molecule is CCN(CC)CCOC(=O)C(O)(c1ccccc1)c1ccc(-c2ccccc2)cc1.Cl. The average Bonchev–Trinajstić information content (AvgIpc) is 2.82. The van der Waals surface area contributed by atoms with Crippen molar-refractivity contribution in [2.24, 2.45) is 0 Å². The molecule has 0 fully saturated rings. The van der Waals surface area contributed by atoms with Crippen LogP contribution in [-0.4, -0.2) is 42.2 Å². The van der Waals surface area contributed by atoms with E-state index in [1.54, 1.807) is 24.3 Å². The molecule has 0 bridgehead atoms. The number of halogens is 1. The lowest BCUT2D eigenvalue weighted by Crippen LogP contribution is -2.40. The lowest BCUT2D eigenvalue weighted by atomic mass is 9.85. The molecule has 0 saturated heterocycles. The molecule has 0 spiro atoms. The van der Waals surface area contributed by atoms with E-state index in [2.05, 4.69) is 18.7 Å². The standard InChI is InChI=1S/C26H29NO3.ClH/c1-3-27(4-2)19-20-30-25(28)26(29,23-13-9-6-10-14-23)24-17-15-22(16-18-24)21-11-7-5-8-12-21;/h5-18,29H,3-4,19-20H2,1-2H3;1H. The van der Waals surface area contributed by atoms with E-state index in [1.807, 2.05) is 60.7 Å². The minimum Gasteiger partial charge on any atom is -0.462 e. The highest BCUT2D eigenvalue weighted by molar-refractivity contribution is 5.86. The molecule has 3 aromatic rings. The molecule has 1 atom stereocenters. The zero-order chi connectivity index (χ0) is 21.4. The Labute approximate surface area is 190 Å². The minimum atomic E-state index is -1.86. The van der Waals surface area contributed by atoms with E-state index in [-0.39, 0.29) is 19.0 Å². The number of likely N-dealkylation sites (N-methyl/N-ethyl adjacent to an activating group) is 1. The summed E-state index contributed by atoms with van der Waals surface area (Å²) >= 11 is 0. The number of ether oxygens (including phenoxy) is 1. The molecule has 3 rings (SSSR count). The molecule has 0 aliphatic heterocycles. The Morgan fingerprint density at radius 3 is 1.84 bits per heavy atom. The second-order valence-corrected chi connectivity index (χ2v) is 7.18. The molecule has 0 amide bonds. The fraction of sp³-hybridized carbons (Fsp3) is 0.269. The number of nitrogens with zero attached hydrogens (tertiary/aromatic N) is 1. The second-order valence-electron chi connectivity index (χ2n) is 7.18. The maximum absolute atomic E-state index is 13.1. The highest BCUT2D eigenvalue weighted by Crippen LogP contribution is 2.32. The number of hydrogen-bond donors (Lipinski definition) is 1. The fourth-order valence-corrected chi connectivity index (χ4v) is 3.53. The Hall–Kier alpha value is -2.66. The maximum Gasteiger partial charge on any atom is 0.347 e. The van der Waals surface area contributed by atoms with E-state index in [9.17, 15) is 9.90 Å². The lowest BCUT2D eigenvalue weighted by Gasteiger charge is -2.28. The van der Waals surface area contributed by atoms with E-state index in [1.165, 1.54) is 0 Å². The van der Waals surface area contributed by atoms with Crippen LogP contribution < -0.4 is 0 Å². The molecular weight excluding hydrogens is 410 g/mol. The van der Waals surface area contributed by atoms with Gasteiger partial charge in [0.1, 0.15) is 6.61 Å². The van der Waals surface area contributed by atoms with Gasteiger partial charge in [0, 0.05) is 6.54 Å². The van der Waals surface area contributed by atoms with Gasteiger partial charge in [0.25, 0.3) is 0 Å². The third-order valence-corrected chi connectivity index (χ3v) is 5.43. The van der Waals surface area contributed by atoms with Crippen LogP contribution in [0.3, 0.4) is 0 Å². The van der Waals surface area contributed by atoms with Crippen LogP contribution in [0.1, 0.15) is 25.0 Å². The van der Waals surface area contributed by atoms with Gasteiger partial charge in [-0.05, 0) is 35.3 Å². The molecule has 0 heterocycles. The van der Waals surface area contributed by atoms with Gasteiger partial charge in [-0.3, -0.25) is 0 Å². The Balaban J connectivity index is 0.00000341. The number of carbonyl (C=O) groups is 1. The molecular formula is C26H30ClNO3. The van der Waals surface area contributed by atoms with Crippen molar-refractivity contribution in [1.82, 2.24) is 4.90 Å². The lowest BCUT2D eigenvalue weighted by molar-refractivity contribution is -0.162. The first-order chi connectivity index (χ1) is 14.6. The van der Waals surface area contributed by atoms with Gasteiger partial charge in [0.2, 0.25) is 5.60 Å². The third kappa shape index (κ3) is 5.73. The van der Waals surface area contributed by atoms with Crippen LogP contribution in [0.5, 0.6) is 0 Å². The van der Waals surface area contributed by atoms with Crippen molar-refractivity contribution in [2.75, 3.05) is 26.2 Å². The summed E-state index contributed by atoms with van der Waals surface area (Å²) in [6.07, 6.45) is 0. The van der Waals surface area contributed by atoms with Gasteiger partial charge in [-0.25, -0.2) is 4.79 Å². The largest absolute Gasteiger partial charge is 0.462 e. The molecule has 5 heteroatoms. The average molecular weight is 440 g/mol. The minimum absolute atomic E-state index is 0. The number of carbonyl (C=O) groups excluding carboxylic acids is 1. The summed E-state index contributed by atoms with van der Waals surface area (Å²) in [6.45, 7) is 6.78. The van der Waals surface area contributed by atoms with Gasteiger partial charge in [-0.2, -0.15) is 0 Å². The number of rotatable bonds is 9.